The molecule has 0 bridgehead atoms. The van der Waals surface area contributed by atoms with E-state index >= 15 is 0 Å². The molecule has 3 aromatic rings. The average molecular weight is 740 g/mol. The fourth-order valence-electron chi connectivity index (χ4n) is 5.34. The monoisotopic (exact) mass is 737 g/mol. The standard InChI is InChI=1S/C19H22Cl2N6O2.C13H17Cl2N3O/c1-12(28)25-17-8-18(24-11-23-17)26-15-3-2-4-27(10-15)19(29)9-22-16-6-13(20)5-14(21)7-16;14-9-4-10(15)6-12(5-9)17-7-13(19)18-3-1-2-11(16)8-18/h5-8,11,15,22H,2-4,9-10H2,1H3,(H2,23,24,25,26,28);4-6,11,17H,1-3,7-8,16H2/t15-;11-/m00/s1. The molecule has 5 rings (SSSR count). The number of rotatable bonds is 9. The van der Waals surface area contributed by atoms with Crippen LogP contribution in [-0.4, -0.2) is 88.8 Å². The van der Waals surface area contributed by atoms with Crippen molar-refractivity contribution in [3.8, 4) is 0 Å². The van der Waals surface area contributed by atoms with Crippen molar-refractivity contribution in [1.82, 2.24) is 19.8 Å². The van der Waals surface area contributed by atoms with Crippen LogP contribution in [0, 0.1) is 0 Å². The summed E-state index contributed by atoms with van der Waals surface area (Å²) in [6.45, 7) is 4.49. The number of benzene rings is 2. The maximum atomic E-state index is 12.6. The van der Waals surface area contributed by atoms with Gasteiger partial charge in [0.15, 0.2) is 0 Å². The van der Waals surface area contributed by atoms with Crippen LogP contribution in [0.1, 0.15) is 32.6 Å². The van der Waals surface area contributed by atoms with E-state index in [4.69, 9.17) is 52.1 Å². The molecule has 1 aromatic heterocycles. The van der Waals surface area contributed by atoms with Gasteiger partial charge in [0.1, 0.15) is 18.0 Å². The molecule has 3 amide bonds. The minimum absolute atomic E-state index is 0.00535. The molecule has 6 N–H and O–H groups in total. The molecule has 0 saturated carbocycles. The first kappa shape index (κ1) is 37.3. The van der Waals surface area contributed by atoms with E-state index < -0.39 is 0 Å². The number of piperidine rings is 2. The molecule has 2 aliphatic rings. The van der Waals surface area contributed by atoms with Gasteiger partial charge < -0.3 is 36.8 Å². The first-order valence-electron chi connectivity index (χ1n) is 15.5. The summed E-state index contributed by atoms with van der Waals surface area (Å²) in [5.41, 5.74) is 7.31. The van der Waals surface area contributed by atoms with E-state index in [0.717, 1.165) is 37.9 Å². The van der Waals surface area contributed by atoms with E-state index in [-0.39, 0.29) is 42.9 Å². The van der Waals surface area contributed by atoms with Crippen LogP contribution in [0.25, 0.3) is 0 Å². The second-order valence-corrected chi connectivity index (χ2v) is 13.3. The summed E-state index contributed by atoms with van der Waals surface area (Å²) in [6.07, 6.45) is 5.15. The third-order valence-corrected chi connectivity index (χ3v) is 8.39. The Morgan fingerprint density at radius 3 is 1.77 bits per heavy atom. The Bertz CT molecular complexity index is 1540. The van der Waals surface area contributed by atoms with Crippen molar-refractivity contribution in [3.05, 3.63) is 68.9 Å². The van der Waals surface area contributed by atoms with Gasteiger partial charge in [0.25, 0.3) is 0 Å². The Labute approximate surface area is 300 Å². The number of nitrogens with one attached hydrogen (secondary N) is 4. The molecule has 0 aliphatic carbocycles. The van der Waals surface area contributed by atoms with Gasteiger partial charge in [-0.25, -0.2) is 9.97 Å². The third-order valence-electron chi connectivity index (χ3n) is 7.52. The highest BCUT2D eigenvalue weighted by atomic mass is 35.5. The molecule has 2 aromatic carbocycles. The van der Waals surface area contributed by atoms with Crippen LogP contribution >= 0.6 is 46.4 Å². The first-order chi connectivity index (χ1) is 22.9. The molecule has 2 aliphatic heterocycles. The zero-order valence-electron chi connectivity index (χ0n) is 26.4. The summed E-state index contributed by atoms with van der Waals surface area (Å²) in [6, 6.07) is 12.1. The number of nitrogens with two attached hydrogens (primary N) is 1. The lowest BCUT2D eigenvalue weighted by molar-refractivity contribution is -0.131. The number of aromatic nitrogens is 2. The molecular weight excluding hydrogens is 700 g/mol. The molecular formula is C32H39Cl4N9O3. The SMILES string of the molecule is CC(=O)Nc1cc(N[C@H]2CCCN(C(=O)CNc3cc(Cl)cc(Cl)c3)C2)ncn1.N[C@H]1CCCN(C(=O)CNc2cc(Cl)cc(Cl)c2)C1. The molecule has 48 heavy (non-hydrogen) atoms. The van der Waals surface area contributed by atoms with Gasteiger partial charge in [-0.2, -0.15) is 0 Å². The largest absolute Gasteiger partial charge is 0.376 e. The third kappa shape index (κ3) is 12.5. The van der Waals surface area contributed by atoms with Crippen LogP contribution in [0.15, 0.2) is 48.8 Å². The quantitative estimate of drug-likeness (QED) is 0.188. The van der Waals surface area contributed by atoms with E-state index in [1.807, 2.05) is 4.90 Å². The van der Waals surface area contributed by atoms with Gasteiger partial charge in [-0.3, -0.25) is 14.4 Å². The molecule has 2 saturated heterocycles. The van der Waals surface area contributed by atoms with E-state index in [9.17, 15) is 14.4 Å². The van der Waals surface area contributed by atoms with Crippen LogP contribution in [-0.2, 0) is 14.4 Å². The van der Waals surface area contributed by atoms with Gasteiger partial charge in [0.2, 0.25) is 17.7 Å². The minimum atomic E-state index is -0.197. The smallest absolute Gasteiger partial charge is 0.241 e. The number of carbonyl (C=O) groups excluding carboxylic acids is 3. The Kier molecular flexibility index (Phi) is 14.2. The Morgan fingerprint density at radius 1 is 0.750 bits per heavy atom. The second-order valence-electron chi connectivity index (χ2n) is 11.6. The zero-order chi connectivity index (χ0) is 34.6. The summed E-state index contributed by atoms with van der Waals surface area (Å²) in [4.78, 5) is 47.6. The number of amides is 3. The molecule has 3 heterocycles. The topological polar surface area (TPSA) is 158 Å². The molecule has 2 fully saturated rings. The predicted octanol–water partition coefficient (Wildman–Crippen LogP) is 5.61. The lowest BCUT2D eigenvalue weighted by Crippen LogP contribution is -2.47. The van der Waals surface area contributed by atoms with Crippen LogP contribution in [0.3, 0.4) is 0 Å². The van der Waals surface area contributed by atoms with Crippen molar-refractivity contribution in [2.75, 3.05) is 60.5 Å². The molecule has 258 valence electrons. The van der Waals surface area contributed by atoms with Crippen LogP contribution in [0.5, 0.6) is 0 Å². The van der Waals surface area contributed by atoms with Gasteiger partial charge in [0, 0.05) is 82.7 Å². The summed E-state index contributed by atoms with van der Waals surface area (Å²) >= 11 is 23.8. The zero-order valence-corrected chi connectivity index (χ0v) is 29.5. The number of anilines is 4. The number of carbonyl (C=O) groups is 3. The van der Waals surface area contributed by atoms with E-state index in [1.165, 1.54) is 13.3 Å². The highest BCUT2D eigenvalue weighted by Gasteiger charge is 2.24. The average Bonchev–Trinajstić information content (AvgIpc) is 3.02. The Morgan fingerprint density at radius 2 is 1.25 bits per heavy atom. The number of nitrogens with zero attached hydrogens (tertiary/aromatic N) is 4. The van der Waals surface area contributed by atoms with E-state index in [2.05, 4.69) is 31.2 Å². The lowest BCUT2D eigenvalue weighted by atomic mass is 10.1. The van der Waals surface area contributed by atoms with Crippen molar-refractivity contribution in [3.63, 3.8) is 0 Å². The Hall–Kier alpha value is -3.55. The number of likely N-dealkylation sites (tertiary alicyclic amines) is 2. The van der Waals surface area contributed by atoms with Crippen molar-refractivity contribution >= 4 is 87.1 Å². The maximum absolute atomic E-state index is 12.6. The normalized spacial score (nSPS) is 17.5. The predicted molar refractivity (Wildman–Crippen MR) is 193 cm³/mol. The minimum Gasteiger partial charge on any atom is -0.376 e. The molecule has 0 radical (unpaired) electrons. The summed E-state index contributed by atoms with van der Waals surface area (Å²) < 4.78 is 0. The van der Waals surface area contributed by atoms with Crippen molar-refractivity contribution in [2.24, 2.45) is 5.73 Å². The van der Waals surface area contributed by atoms with Gasteiger partial charge in [0.05, 0.1) is 13.1 Å². The van der Waals surface area contributed by atoms with Gasteiger partial charge in [-0.1, -0.05) is 46.4 Å². The van der Waals surface area contributed by atoms with Crippen LogP contribution in [0.2, 0.25) is 20.1 Å². The summed E-state index contributed by atoms with van der Waals surface area (Å²) in [5.74, 6) is 0.885. The van der Waals surface area contributed by atoms with E-state index in [1.54, 1.807) is 47.4 Å². The Balaban J connectivity index is 0.000000237. The highest BCUT2D eigenvalue weighted by Crippen LogP contribution is 2.24. The highest BCUT2D eigenvalue weighted by molar-refractivity contribution is 6.35. The molecule has 12 nitrogen and oxygen atoms in total. The van der Waals surface area contributed by atoms with Crippen molar-refractivity contribution in [2.45, 2.75) is 44.7 Å². The lowest BCUT2D eigenvalue weighted by Gasteiger charge is -2.33. The van der Waals surface area contributed by atoms with Crippen LogP contribution < -0.4 is 27.0 Å². The fourth-order valence-corrected chi connectivity index (χ4v) is 6.39. The van der Waals surface area contributed by atoms with Gasteiger partial charge in [-0.15, -0.1) is 0 Å². The van der Waals surface area contributed by atoms with Crippen molar-refractivity contribution < 1.29 is 14.4 Å². The van der Waals surface area contributed by atoms with E-state index in [0.29, 0.717) is 57.0 Å². The number of hydrogen-bond donors (Lipinski definition) is 5. The molecule has 0 spiro atoms. The molecule has 0 unspecified atom stereocenters. The maximum Gasteiger partial charge on any atom is 0.241 e. The van der Waals surface area contributed by atoms with Gasteiger partial charge >= 0.3 is 0 Å². The summed E-state index contributed by atoms with van der Waals surface area (Å²) in [5, 5.41) is 14.2. The van der Waals surface area contributed by atoms with Gasteiger partial charge in [-0.05, 0) is 62.1 Å². The number of hydrogen-bond acceptors (Lipinski definition) is 9. The first-order valence-corrected chi connectivity index (χ1v) is 17.0. The summed E-state index contributed by atoms with van der Waals surface area (Å²) in [7, 11) is 0. The van der Waals surface area contributed by atoms with Crippen molar-refractivity contribution in [1.29, 1.82) is 0 Å². The molecule has 16 heteroatoms. The fraction of sp³-hybridized carbons (Fsp3) is 0.406. The number of halogens is 4. The second kappa shape index (κ2) is 18.3. The van der Waals surface area contributed by atoms with Crippen LogP contribution in [0.4, 0.5) is 23.0 Å². The molecule has 2 atom stereocenters.